The Kier molecular flexibility index (Phi) is 5.65. The lowest BCUT2D eigenvalue weighted by molar-refractivity contribution is 0.0704. The van der Waals surface area contributed by atoms with E-state index in [1.165, 1.54) is 0 Å². The molecule has 1 N–H and O–H groups in total. The van der Waals surface area contributed by atoms with Crippen molar-refractivity contribution in [1.29, 1.82) is 0 Å². The Balaban J connectivity index is 1.54. The average Bonchev–Trinajstić information content (AvgIpc) is 2.73. The van der Waals surface area contributed by atoms with Gasteiger partial charge in [-0.1, -0.05) is 0 Å². The van der Waals surface area contributed by atoms with Gasteiger partial charge in [0.15, 0.2) is 0 Å². The summed E-state index contributed by atoms with van der Waals surface area (Å²) in [5, 5.41) is 3.20. The van der Waals surface area contributed by atoms with Gasteiger partial charge in [0, 0.05) is 54.5 Å². The van der Waals surface area contributed by atoms with Gasteiger partial charge in [0.05, 0.1) is 5.56 Å². The number of nitrogens with zero attached hydrogens (tertiary/aromatic N) is 6. The Bertz CT molecular complexity index is 1030. The van der Waals surface area contributed by atoms with Crippen molar-refractivity contribution in [3.05, 3.63) is 65.1 Å². The molecular weight excluding hydrogens is 378 g/mol. The summed E-state index contributed by atoms with van der Waals surface area (Å²) in [7, 11) is 0. The number of anilines is 2. The molecule has 154 valence electrons. The van der Waals surface area contributed by atoms with Crippen LogP contribution < -0.4 is 5.32 Å². The third-order valence-electron chi connectivity index (χ3n) is 5.08. The van der Waals surface area contributed by atoms with Crippen LogP contribution in [0.25, 0.3) is 0 Å². The molecule has 30 heavy (non-hydrogen) atoms. The van der Waals surface area contributed by atoms with Crippen molar-refractivity contribution in [2.45, 2.75) is 39.5 Å². The second kappa shape index (κ2) is 8.52. The van der Waals surface area contributed by atoms with Gasteiger partial charge < -0.3 is 10.2 Å². The molecule has 8 heteroatoms. The highest BCUT2D eigenvalue weighted by Crippen LogP contribution is 2.27. The fourth-order valence-corrected chi connectivity index (χ4v) is 3.78. The van der Waals surface area contributed by atoms with Crippen molar-refractivity contribution in [3.63, 3.8) is 0 Å². The summed E-state index contributed by atoms with van der Waals surface area (Å²) in [6.07, 6.45) is 5.14. The second-order valence-corrected chi connectivity index (χ2v) is 7.68. The third kappa shape index (κ3) is 4.59. The summed E-state index contributed by atoms with van der Waals surface area (Å²) in [5.41, 5.74) is 3.26. The molecule has 1 amide bonds. The Labute approximate surface area is 175 Å². The minimum Gasteiger partial charge on any atom is -0.338 e. The van der Waals surface area contributed by atoms with E-state index >= 15 is 0 Å². The van der Waals surface area contributed by atoms with Crippen LogP contribution in [-0.2, 0) is 0 Å². The molecule has 1 aliphatic heterocycles. The third-order valence-corrected chi connectivity index (χ3v) is 5.08. The fourth-order valence-electron chi connectivity index (χ4n) is 3.78. The Morgan fingerprint density at radius 2 is 1.83 bits per heavy atom. The maximum atomic E-state index is 12.8. The molecule has 0 radical (unpaired) electrons. The zero-order valence-electron chi connectivity index (χ0n) is 17.5. The number of hydrogen-bond donors (Lipinski definition) is 1. The van der Waals surface area contributed by atoms with E-state index in [2.05, 4.69) is 25.3 Å². The Hall–Kier alpha value is -3.42. The highest BCUT2D eigenvalue weighted by molar-refractivity contribution is 5.94. The van der Waals surface area contributed by atoms with Crippen LogP contribution in [0.15, 0.2) is 36.7 Å². The van der Waals surface area contributed by atoms with E-state index in [4.69, 9.17) is 4.98 Å². The molecule has 1 fully saturated rings. The molecule has 0 unspecified atom stereocenters. The fraction of sp³-hybridized carbons (Fsp3) is 0.364. The van der Waals surface area contributed by atoms with E-state index in [0.29, 0.717) is 23.9 Å². The van der Waals surface area contributed by atoms with Gasteiger partial charge in [-0.25, -0.2) is 19.9 Å². The first-order valence-corrected chi connectivity index (χ1v) is 10.1. The number of likely N-dealkylation sites (tertiary alicyclic amines) is 1. The van der Waals surface area contributed by atoms with E-state index in [-0.39, 0.29) is 11.8 Å². The maximum Gasteiger partial charge on any atom is 0.255 e. The molecule has 4 rings (SSSR count). The molecule has 0 aromatic carbocycles. The molecule has 8 nitrogen and oxygen atoms in total. The van der Waals surface area contributed by atoms with E-state index in [1.54, 1.807) is 24.5 Å². The Morgan fingerprint density at radius 1 is 1.07 bits per heavy atom. The molecule has 1 saturated heterocycles. The summed E-state index contributed by atoms with van der Waals surface area (Å²) in [5.74, 6) is 2.01. The highest BCUT2D eigenvalue weighted by Gasteiger charge is 2.27. The molecular formula is C22H25N7O. The number of pyridine rings is 1. The standard InChI is InChI=1S/C22H25N7O/c1-14-10-15(2)26-22(25-14)28-19-11-16(3)24-20(27-19)18-7-5-9-29(13-18)21(30)17-6-4-8-23-12-17/h4,6,8,10-12,18H,5,7,9,13H2,1-3H3,(H,24,25,26,27,28)/t18-/m0/s1. The summed E-state index contributed by atoms with van der Waals surface area (Å²) < 4.78 is 0. The highest BCUT2D eigenvalue weighted by atomic mass is 16.2. The molecule has 0 bridgehead atoms. The van der Waals surface area contributed by atoms with Gasteiger partial charge in [-0.15, -0.1) is 0 Å². The summed E-state index contributed by atoms with van der Waals surface area (Å²) in [6, 6.07) is 7.39. The van der Waals surface area contributed by atoms with Gasteiger partial charge in [0.25, 0.3) is 5.91 Å². The van der Waals surface area contributed by atoms with Crippen LogP contribution >= 0.6 is 0 Å². The van der Waals surface area contributed by atoms with E-state index in [1.807, 2.05) is 37.8 Å². The lowest BCUT2D eigenvalue weighted by Crippen LogP contribution is -2.39. The van der Waals surface area contributed by atoms with E-state index in [0.717, 1.165) is 42.3 Å². The quantitative estimate of drug-likeness (QED) is 0.713. The first kappa shape index (κ1) is 19.9. The number of hydrogen-bond acceptors (Lipinski definition) is 7. The van der Waals surface area contributed by atoms with Crippen LogP contribution in [0.5, 0.6) is 0 Å². The van der Waals surface area contributed by atoms with Crippen molar-refractivity contribution >= 4 is 17.7 Å². The lowest BCUT2D eigenvalue weighted by atomic mass is 9.96. The van der Waals surface area contributed by atoms with Crippen molar-refractivity contribution in [1.82, 2.24) is 29.8 Å². The molecule has 0 aliphatic carbocycles. The SMILES string of the molecule is Cc1cc(C)nc(Nc2cc(C)nc([C@H]3CCCN(C(=O)c4cccnc4)C3)n2)n1. The van der Waals surface area contributed by atoms with E-state index in [9.17, 15) is 4.79 Å². The topological polar surface area (TPSA) is 96.8 Å². The monoisotopic (exact) mass is 403 g/mol. The van der Waals surface area contributed by atoms with Crippen LogP contribution in [0.4, 0.5) is 11.8 Å². The molecule has 3 aromatic heterocycles. The summed E-state index contributed by atoms with van der Waals surface area (Å²) in [4.78, 5) is 37.0. The maximum absolute atomic E-state index is 12.8. The van der Waals surface area contributed by atoms with Gasteiger partial charge >= 0.3 is 0 Å². The van der Waals surface area contributed by atoms with Crippen molar-refractivity contribution in [3.8, 4) is 0 Å². The number of amides is 1. The predicted octanol–water partition coefficient (Wildman–Crippen LogP) is 3.35. The van der Waals surface area contributed by atoms with E-state index < -0.39 is 0 Å². The normalized spacial score (nSPS) is 16.4. The molecule has 0 spiro atoms. The molecule has 4 heterocycles. The lowest BCUT2D eigenvalue weighted by Gasteiger charge is -2.32. The number of carbonyl (C=O) groups excluding carboxylic acids is 1. The van der Waals surface area contributed by atoms with Gasteiger partial charge in [0.2, 0.25) is 5.95 Å². The van der Waals surface area contributed by atoms with Crippen LogP contribution in [0.1, 0.15) is 52.0 Å². The van der Waals surface area contributed by atoms with Gasteiger partial charge in [-0.3, -0.25) is 9.78 Å². The van der Waals surface area contributed by atoms with Crippen LogP contribution in [-0.4, -0.2) is 48.8 Å². The van der Waals surface area contributed by atoms with Crippen LogP contribution in [0.3, 0.4) is 0 Å². The molecule has 0 saturated carbocycles. The largest absolute Gasteiger partial charge is 0.338 e. The van der Waals surface area contributed by atoms with Gasteiger partial charge in [-0.2, -0.15) is 0 Å². The summed E-state index contributed by atoms with van der Waals surface area (Å²) in [6.45, 7) is 7.15. The predicted molar refractivity (Wildman–Crippen MR) is 114 cm³/mol. The Morgan fingerprint density at radius 3 is 2.57 bits per heavy atom. The first-order valence-electron chi connectivity index (χ1n) is 10.1. The van der Waals surface area contributed by atoms with Crippen molar-refractivity contribution < 1.29 is 4.79 Å². The molecule has 1 aliphatic rings. The summed E-state index contributed by atoms with van der Waals surface area (Å²) >= 11 is 0. The number of nitrogens with one attached hydrogen (secondary N) is 1. The number of aryl methyl sites for hydroxylation is 3. The number of rotatable bonds is 4. The average molecular weight is 403 g/mol. The molecule has 1 atom stereocenters. The van der Waals surface area contributed by atoms with Gasteiger partial charge in [0.1, 0.15) is 11.6 Å². The van der Waals surface area contributed by atoms with Gasteiger partial charge in [-0.05, 0) is 51.8 Å². The first-order chi connectivity index (χ1) is 14.5. The van der Waals surface area contributed by atoms with Crippen LogP contribution in [0.2, 0.25) is 0 Å². The number of carbonyl (C=O) groups is 1. The zero-order valence-corrected chi connectivity index (χ0v) is 17.5. The van der Waals surface area contributed by atoms with Crippen molar-refractivity contribution in [2.24, 2.45) is 0 Å². The zero-order chi connectivity index (χ0) is 21.1. The minimum atomic E-state index is 0.00226. The molecule has 3 aromatic rings. The second-order valence-electron chi connectivity index (χ2n) is 7.68. The smallest absolute Gasteiger partial charge is 0.255 e. The van der Waals surface area contributed by atoms with Crippen LogP contribution in [0, 0.1) is 20.8 Å². The minimum absolute atomic E-state index is 0.00226. The number of piperidine rings is 1. The number of aromatic nitrogens is 5. The van der Waals surface area contributed by atoms with Crippen molar-refractivity contribution in [2.75, 3.05) is 18.4 Å².